The van der Waals surface area contributed by atoms with Crippen LogP contribution >= 0.6 is 11.3 Å². The molecule has 142 valence electrons. The number of fused-ring (bicyclic) bond motifs is 1. The second kappa shape index (κ2) is 7.70. The first-order valence-electron chi connectivity index (χ1n) is 8.73. The smallest absolute Gasteiger partial charge is 0.265 e. The molecule has 0 aliphatic rings. The molecular weight excluding hydrogens is 380 g/mol. The molecule has 3 rings (SSSR count). The molecule has 2 aromatic carbocycles. The SMILES string of the molecule is CCc1ccc(NC(=O)c2cc3cc(N(CC)S(C)(=O)=O)ccc3s2)cc1. The number of anilines is 2. The minimum atomic E-state index is -3.34. The zero-order chi connectivity index (χ0) is 19.6. The van der Waals surface area contributed by atoms with Crippen molar-refractivity contribution in [1.82, 2.24) is 0 Å². The molecule has 0 aliphatic carbocycles. The number of nitrogens with one attached hydrogen (secondary N) is 1. The Morgan fingerprint density at radius 1 is 1.07 bits per heavy atom. The number of carbonyl (C=O) groups excluding carboxylic acids is 1. The third-order valence-electron chi connectivity index (χ3n) is 4.32. The van der Waals surface area contributed by atoms with Crippen LogP contribution in [0.15, 0.2) is 48.5 Å². The average molecular weight is 403 g/mol. The fourth-order valence-corrected chi connectivity index (χ4v) is 4.83. The van der Waals surface area contributed by atoms with Gasteiger partial charge in [0.05, 0.1) is 16.8 Å². The van der Waals surface area contributed by atoms with Crippen molar-refractivity contribution in [3.8, 4) is 0 Å². The molecule has 1 heterocycles. The van der Waals surface area contributed by atoms with E-state index in [-0.39, 0.29) is 5.91 Å². The fraction of sp³-hybridized carbons (Fsp3) is 0.250. The third kappa shape index (κ3) is 4.31. The highest BCUT2D eigenvalue weighted by molar-refractivity contribution is 7.92. The Labute approximate surface area is 163 Å². The average Bonchev–Trinajstić information content (AvgIpc) is 3.05. The summed E-state index contributed by atoms with van der Waals surface area (Å²) < 4.78 is 26.1. The second-order valence-electron chi connectivity index (χ2n) is 6.27. The number of hydrogen-bond acceptors (Lipinski definition) is 4. The van der Waals surface area contributed by atoms with Crippen LogP contribution in [0.4, 0.5) is 11.4 Å². The van der Waals surface area contributed by atoms with Gasteiger partial charge in [-0.3, -0.25) is 9.10 Å². The van der Waals surface area contributed by atoms with Gasteiger partial charge in [-0.05, 0) is 60.7 Å². The number of sulfonamides is 1. The summed E-state index contributed by atoms with van der Waals surface area (Å²) in [6.45, 7) is 4.24. The summed E-state index contributed by atoms with van der Waals surface area (Å²) in [6, 6.07) is 15.0. The zero-order valence-corrected chi connectivity index (χ0v) is 17.2. The van der Waals surface area contributed by atoms with Gasteiger partial charge in [0.25, 0.3) is 5.91 Å². The van der Waals surface area contributed by atoms with E-state index in [0.717, 1.165) is 22.2 Å². The largest absolute Gasteiger partial charge is 0.321 e. The van der Waals surface area contributed by atoms with E-state index < -0.39 is 10.0 Å². The number of rotatable bonds is 6. The predicted octanol–water partition coefficient (Wildman–Crippen LogP) is 4.50. The molecule has 0 bridgehead atoms. The van der Waals surface area contributed by atoms with Crippen molar-refractivity contribution in [3.05, 3.63) is 59.0 Å². The normalized spacial score (nSPS) is 11.5. The quantitative estimate of drug-likeness (QED) is 0.660. The van der Waals surface area contributed by atoms with Crippen LogP contribution in [0.2, 0.25) is 0 Å². The molecule has 0 atom stereocenters. The molecule has 5 nitrogen and oxygen atoms in total. The summed E-state index contributed by atoms with van der Waals surface area (Å²) in [6.07, 6.45) is 2.14. The van der Waals surface area contributed by atoms with E-state index in [9.17, 15) is 13.2 Å². The molecule has 1 N–H and O–H groups in total. The molecule has 3 aromatic rings. The number of nitrogens with zero attached hydrogens (tertiary/aromatic N) is 1. The Bertz CT molecular complexity index is 1070. The number of benzene rings is 2. The number of aryl methyl sites for hydroxylation is 1. The Morgan fingerprint density at radius 3 is 2.37 bits per heavy atom. The molecule has 0 aliphatic heterocycles. The van der Waals surface area contributed by atoms with E-state index in [1.165, 1.54) is 27.5 Å². The monoisotopic (exact) mass is 402 g/mol. The maximum Gasteiger partial charge on any atom is 0.265 e. The molecular formula is C20H22N2O3S2. The Balaban J connectivity index is 1.86. The second-order valence-corrected chi connectivity index (χ2v) is 9.26. The predicted molar refractivity (Wildman–Crippen MR) is 113 cm³/mol. The van der Waals surface area contributed by atoms with Gasteiger partial charge in [-0.1, -0.05) is 19.1 Å². The van der Waals surface area contributed by atoms with E-state index in [1.807, 2.05) is 36.4 Å². The van der Waals surface area contributed by atoms with Crippen LogP contribution in [-0.4, -0.2) is 27.1 Å². The summed E-state index contributed by atoms with van der Waals surface area (Å²) in [7, 11) is -3.34. The lowest BCUT2D eigenvalue weighted by molar-refractivity contribution is 0.103. The number of carbonyl (C=O) groups is 1. The van der Waals surface area contributed by atoms with Gasteiger partial charge in [-0.2, -0.15) is 0 Å². The first-order valence-corrected chi connectivity index (χ1v) is 11.4. The van der Waals surface area contributed by atoms with Crippen LogP contribution in [0.5, 0.6) is 0 Å². The molecule has 1 amide bonds. The van der Waals surface area contributed by atoms with E-state index >= 15 is 0 Å². The molecule has 1 aromatic heterocycles. The summed E-state index contributed by atoms with van der Waals surface area (Å²) in [5, 5.41) is 3.76. The lowest BCUT2D eigenvalue weighted by Gasteiger charge is -2.20. The number of hydrogen-bond donors (Lipinski definition) is 1. The van der Waals surface area contributed by atoms with E-state index in [1.54, 1.807) is 19.1 Å². The first-order chi connectivity index (χ1) is 12.8. The minimum Gasteiger partial charge on any atom is -0.321 e. The van der Waals surface area contributed by atoms with Crippen molar-refractivity contribution < 1.29 is 13.2 Å². The van der Waals surface area contributed by atoms with E-state index in [0.29, 0.717) is 17.1 Å². The van der Waals surface area contributed by atoms with Gasteiger partial charge in [0.1, 0.15) is 0 Å². The van der Waals surface area contributed by atoms with Crippen molar-refractivity contribution in [3.63, 3.8) is 0 Å². The van der Waals surface area contributed by atoms with Crippen molar-refractivity contribution in [2.45, 2.75) is 20.3 Å². The van der Waals surface area contributed by atoms with Crippen LogP contribution in [0.25, 0.3) is 10.1 Å². The minimum absolute atomic E-state index is 0.169. The Kier molecular flexibility index (Phi) is 5.53. The summed E-state index contributed by atoms with van der Waals surface area (Å²) in [4.78, 5) is 13.2. The standard InChI is InChI=1S/C20H22N2O3S2/c1-4-14-6-8-16(9-7-14)21-20(23)19-13-15-12-17(10-11-18(15)26-19)22(5-2)27(3,24)25/h6-13H,4-5H2,1-3H3,(H,21,23). The van der Waals surface area contributed by atoms with Crippen LogP contribution in [-0.2, 0) is 16.4 Å². The van der Waals surface area contributed by atoms with Gasteiger partial charge >= 0.3 is 0 Å². The van der Waals surface area contributed by atoms with Gasteiger partial charge in [-0.25, -0.2) is 8.42 Å². The van der Waals surface area contributed by atoms with Crippen LogP contribution < -0.4 is 9.62 Å². The lowest BCUT2D eigenvalue weighted by Crippen LogP contribution is -2.29. The van der Waals surface area contributed by atoms with Crippen molar-refractivity contribution >= 4 is 48.7 Å². The van der Waals surface area contributed by atoms with Gasteiger partial charge in [0.15, 0.2) is 0 Å². The number of thiophene rings is 1. The van der Waals surface area contributed by atoms with Gasteiger partial charge < -0.3 is 5.32 Å². The van der Waals surface area contributed by atoms with Crippen molar-refractivity contribution in [2.75, 3.05) is 22.4 Å². The van der Waals surface area contributed by atoms with Crippen LogP contribution in [0.3, 0.4) is 0 Å². The van der Waals surface area contributed by atoms with Crippen LogP contribution in [0, 0.1) is 0 Å². The third-order valence-corrected chi connectivity index (χ3v) is 6.70. The highest BCUT2D eigenvalue weighted by Gasteiger charge is 2.17. The zero-order valence-electron chi connectivity index (χ0n) is 15.5. The number of amides is 1. The topological polar surface area (TPSA) is 66.5 Å². The lowest BCUT2D eigenvalue weighted by atomic mass is 10.1. The van der Waals surface area contributed by atoms with Crippen molar-refractivity contribution in [2.24, 2.45) is 0 Å². The molecule has 27 heavy (non-hydrogen) atoms. The maximum atomic E-state index is 12.6. The van der Waals surface area contributed by atoms with E-state index in [2.05, 4.69) is 12.2 Å². The summed E-state index contributed by atoms with van der Waals surface area (Å²) >= 11 is 1.39. The summed E-state index contributed by atoms with van der Waals surface area (Å²) in [5.74, 6) is -0.169. The van der Waals surface area contributed by atoms with Gasteiger partial charge in [0.2, 0.25) is 10.0 Å². The summed E-state index contributed by atoms with van der Waals surface area (Å²) in [5.41, 5.74) is 2.57. The highest BCUT2D eigenvalue weighted by Crippen LogP contribution is 2.30. The van der Waals surface area contributed by atoms with Gasteiger partial charge in [0, 0.05) is 16.9 Å². The maximum absolute atomic E-state index is 12.6. The highest BCUT2D eigenvalue weighted by atomic mass is 32.2. The Morgan fingerprint density at radius 2 is 1.78 bits per heavy atom. The molecule has 7 heteroatoms. The molecule has 0 saturated carbocycles. The molecule has 0 fully saturated rings. The fourth-order valence-electron chi connectivity index (χ4n) is 2.92. The van der Waals surface area contributed by atoms with Crippen molar-refractivity contribution in [1.29, 1.82) is 0 Å². The molecule has 0 spiro atoms. The first kappa shape index (κ1) is 19.4. The van der Waals surface area contributed by atoms with Crippen LogP contribution in [0.1, 0.15) is 29.1 Å². The van der Waals surface area contributed by atoms with E-state index in [4.69, 9.17) is 0 Å². The molecule has 0 unspecified atom stereocenters. The molecule has 0 saturated heterocycles. The molecule has 0 radical (unpaired) electrons. The Hall–Kier alpha value is -2.38. The van der Waals surface area contributed by atoms with Gasteiger partial charge in [-0.15, -0.1) is 11.3 Å².